The number of aryl methyl sites for hydroxylation is 1. The van der Waals surface area contributed by atoms with Crippen molar-refractivity contribution in [3.63, 3.8) is 0 Å². The Labute approximate surface area is 138 Å². The predicted octanol–water partition coefficient (Wildman–Crippen LogP) is 3.68. The van der Waals surface area contributed by atoms with Crippen molar-refractivity contribution in [2.45, 2.75) is 52.3 Å². The lowest BCUT2D eigenvalue weighted by Gasteiger charge is -2.14. The second-order valence-electron chi connectivity index (χ2n) is 6.54. The standard InChI is InChI=1S/C19H27N3O/c1-15-7-3-6-10-19(15)23-14-18-11-17(12-20-2)21-22(18)13-16-8-4-5-9-16/h3,6-7,10-11,16,20H,4-5,8-9,12-14H2,1-2H3. The number of hydrogen-bond acceptors (Lipinski definition) is 3. The van der Waals surface area contributed by atoms with Crippen LogP contribution in [0.1, 0.15) is 42.6 Å². The van der Waals surface area contributed by atoms with E-state index in [-0.39, 0.29) is 0 Å². The second-order valence-corrected chi connectivity index (χ2v) is 6.54. The number of para-hydroxylation sites is 1. The van der Waals surface area contributed by atoms with Gasteiger partial charge in [-0.3, -0.25) is 4.68 Å². The Morgan fingerprint density at radius 2 is 2.04 bits per heavy atom. The van der Waals surface area contributed by atoms with Gasteiger partial charge in [0.2, 0.25) is 0 Å². The molecule has 1 aromatic heterocycles. The second kappa shape index (κ2) is 7.64. The van der Waals surface area contributed by atoms with E-state index < -0.39 is 0 Å². The lowest BCUT2D eigenvalue weighted by atomic mass is 10.1. The van der Waals surface area contributed by atoms with E-state index >= 15 is 0 Å². The maximum Gasteiger partial charge on any atom is 0.130 e. The fraction of sp³-hybridized carbons (Fsp3) is 0.526. The van der Waals surface area contributed by atoms with Crippen LogP contribution in [0.5, 0.6) is 5.75 Å². The molecule has 4 nitrogen and oxygen atoms in total. The third-order valence-electron chi connectivity index (χ3n) is 4.65. The van der Waals surface area contributed by atoms with Crippen LogP contribution in [-0.2, 0) is 19.7 Å². The molecule has 23 heavy (non-hydrogen) atoms. The summed E-state index contributed by atoms with van der Waals surface area (Å²) in [7, 11) is 1.96. The van der Waals surface area contributed by atoms with Gasteiger partial charge in [-0.25, -0.2) is 0 Å². The van der Waals surface area contributed by atoms with Gasteiger partial charge < -0.3 is 10.1 Å². The van der Waals surface area contributed by atoms with Crippen molar-refractivity contribution in [3.05, 3.63) is 47.3 Å². The average molecular weight is 313 g/mol. The molecule has 1 aromatic carbocycles. The van der Waals surface area contributed by atoms with Crippen molar-refractivity contribution in [3.8, 4) is 5.75 Å². The molecule has 0 unspecified atom stereocenters. The van der Waals surface area contributed by atoms with Gasteiger partial charge >= 0.3 is 0 Å². The Bertz CT molecular complexity index is 629. The molecule has 124 valence electrons. The molecule has 0 radical (unpaired) electrons. The smallest absolute Gasteiger partial charge is 0.130 e. The molecule has 2 aromatic rings. The molecule has 1 N–H and O–H groups in total. The zero-order valence-corrected chi connectivity index (χ0v) is 14.2. The molecule has 1 aliphatic carbocycles. The molecular weight excluding hydrogens is 286 g/mol. The Kier molecular flexibility index (Phi) is 5.34. The number of rotatable bonds is 7. The van der Waals surface area contributed by atoms with Gasteiger partial charge in [-0.2, -0.15) is 5.10 Å². The van der Waals surface area contributed by atoms with Crippen molar-refractivity contribution in [1.29, 1.82) is 0 Å². The summed E-state index contributed by atoms with van der Waals surface area (Å²) >= 11 is 0. The third-order valence-corrected chi connectivity index (χ3v) is 4.65. The Morgan fingerprint density at radius 3 is 2.78 bits per heavy atom. The van der Waals surface area contributed by atoms with Crippen molar-refractivity contribution in [2.24, 2.45) is 5.92 Å². The number of ether oxygens (including phenoxy) is 1. The first-order valence-electron chi connectivity index (χ1n) is 8.65. The molecule has 0 atom stereocenters. The van der Waals surface area contributed by atoms with Crippen LogP contribution in [0.25, 0.3) is 0 Å². The van der Waals surface area contributed by atoms with E-state index in [2.05, 4.69) is 29.1 Å². The molecule has 1 saturated carbocycles. The minimum absolute atomic E-state index is 0.578. The summed E-state index contributed by atoms with van der Waals surface area (Å²) in [5, 5.41) is 7.96. The summed E-state index contributed by atoms with van der Waals surface area (Å²) < 4.78 is 8.21. The van der Waals surface area contributed by atoms with E-state index in [9.17, 15) is 0 Å². The molecule has 0 bridgehead atoms. The molecule has 0 saturated heterocycles. The summed E-state index contributed by atoms with van der Waals surface area (Å²) in [6.07, 6.45) is 5.40. The van der Waals surface area contributed by atoms with E-state index in [1.807, 2.05) is 25.2 Å². The zero-order valence-electron chi connectivity index (χ0n) is 14.2. The number of nitrogens with one attached hydrogen (secondary N) is 1. The summed E-state index contributed by atoms with van der Waals surface area (Å²) in [6, 6.07) is 10.3. The van der Waals surface area contributed by atoms with Crippen LogP contribution in [0, 0.1) is 12.8 Å². The first-order chi connectivity index (χ1) is 11.3. The van der Waals surface area contributed by atoms with E-state index in [1.165, 1.54) is 36.9 Å². The van der Waals surface area contributed by atoms with Crippen LogP contribution in [0.15, 0.2) is 30.3 Å². The molecule has 0 spiro atoms. The normalized spacial score (nSPS) is 15.2. The van der Waals surface area contributed by atoms with Gasteiger partial charge in [0.1, 0.15) is 12.4 Å². The molecule has 3 rings (SSSR count). The molecule has 0 aliphatic heterocycles. The highest BCUT2D eigenvalue weighted by Gasteiger charge is 2.18. The van der Waals surface area contributed by atoms with Crippen LogP contribution < -0.4 is 10.1 Å². The van der Waals surface area contributed by atoms with Crippen molar-refractivity contribution >= 4 is 0 Å². The lowest BCUT2D eigenvalue weighted by Crippen LogP contribution is -2.14. The predicted molar refractivity (Wildman–Crippen MR) is 92.5 cm³/mol. The fourth-order valence-corrected chi connectivity index (χ4v) is 3.36. The first kappa shape index (κ1) is 16.1. The molecule has 4 heteroatoms. The van der Waals surface area contributed by atoms with Crippen LogP contribution in [0.4, 0.5) is 0 Å². The van der Waals surface area contributed by atoms with E-state index in [0.717, 1.165) is 30.5 Å². The largest absolute Gasteiger partial charge is 0.487 e. The van der Waals surface area contributed by atoms with Crippen LogP contribution >= 0.6 is 0 Å². The Hall–Kier alpha value is -1.81. The zero-order chi connectivity index (χ0) is 16.1. The van der Waals surface area contributed by atoms with Crippen molar-refractivity contribution < 1.29 is 4.74 Å². The average Bonchev–Trinajstić information content (AvgIpc) is 3.18. The Balaban J connectivity index is 1.72. The third kappa shape index (κ3) is 4.14. The van der Waals surface area contributed by atoms with Gasteiger partial charge in [-0.1, -0.05) is 31.0 Å². The highest BCUT2D eigenvalue weighted by atomic mass is 16.5. The quantitative estimate of drug-likeness (QED) is 0.847. The topological polar surface area (TPSA) is 39.1 Å². The monoisotopic (exact) mass is 313 g/mol. The van der Waals surface area contributed by atoms with Crippen molar-refractivity contribution in [1.82, 2.24) is 15.1 Å². The number of nitrogens with zero attached hydrogens (tertiary/aromatic N) is 2. The summed E-state index contributed by atoms with van der Waals surface area (Å²) in [5.41, 5.74) is 3.43. The Morgan fingerprint density at radius 1 is 1.26 bits per heavy atom. The summed E-state index contributed by atoms with van der Waals surface area (Å²) in [6.45, 7) is 4.48. The lowest BCUT2D eigenvalue weighted by molar-refractivity contribution is 0.283. The minimum atomic E-state index is 0.578. The van der Waals surface area contributed by atoms with Crippen LogP contribution in [0.2, 0.25) is 0 Å². The van der Waals surface area contributed by atoms with Crippen LogP contribution in [-0.4, -0.2) is 16.8 Å². The van der Waals surface area contributed by atoms with E-state index in [4.69, 9.17) is 9.84 Å². The van der Waals surface area contributed by atoms with E-state index in [1.54, 1.807) is 0 Å². The van der Waals surface area contributed by atoms with E-state index in [0.29, 0.717) is 6.61 Å². The van der Waals surface area contributed by atoms with Gasteiger partial charge in [0.05, 0.1) is 11.4 Å². The number of hydrogen-bond donors (Lipinski definition) is 1. The highest BCUT2D eigenvalue weighted by Crippen LogP contribution is 2.27. The van der Waals surface area contributed by atoms with Gasteiger partial charge in [-0.05, 0) is 50.4 Å². The van der Waals surface area contributed by atoms with Gasteiger partial charge in [0.25, 0.3) is 0 Å². The molecular formula is C19H27N3O. The van der Waals surface area contributed by atoms with Gasteiger partial charge in [0.15, 0.2) is 0 Å². The first-order valence-corrected chi connectivity index (χ1v) is 8.65. The summed E-state index contributed by atoms with van der Waals surface area (Å²) in [4.78, 5) is 0. The van der Waals surface area contributed by atoms with Crippen LogP contribution in [0.3, 0.4) is 0 Å². The molecule has 1 fully saturated rings. The maximum absolute atomic E-state index is 6.04. The molecule has 1 aliphatic rings. The SMILES string of the molecule is CNCc1cc(COc2ccccc2C)n(CC2CCCC2)n1. The minimum Gasteiger partial charge on any atom is -0.487 e. The van der Waals surface area contributed by atoms with Crippen molar-refractivity contribution in [2.75, 3.05) is 7.05 Å². The maximum atomic E-state index is 6.04. The molecule has 0 amide bonds. The van der Waals surface area contributed by atoms with Gasteiger partial charge in [0, 0.05) is 13.1 Å². The van der Waals surface area contributed by atoms with Gasteiger partial charge in [-0.15, -0.1) is 0 Å². The molecule has 1 heterocycles. The highest BCUT2D eigenvalue weighted by molar-refractivity contribution is 5.31. The summed E-state index contributed by atoms with van der Waals surface area (Å²) in [5.74, 6) is 1.73. The number of aromatic nitrogens is 2. The number of benzene rings is 1. The fourth-order valence-electron chi connectivity index (χ4n) is 3.36.